The normalized spacial score (nSPS) is 21.6. The largest absolute Gasteiger partial charge is 0.463 e. The number of benzene rings is 1. The maximum absolute atomic E-state index is 13.9. The maximum Gasteiger partial charge on any atom is 0.416 e. The first-order valence-electron chi connectivity index (χ1n) is 13.3. The van der Waals surface area contributed by atoms with Gasteiger partial charge in [-0.2, -0.15) is 13.2 Å². The third kappa shape index (κ3) is 5.82. The molecule has 1 unspecified atom stereocenters. The van der Waals surface area contributed by atoms with Crippen LogP contribution in [0.15, 0.2) is 35.5 Å². The lowest BCUT2D eigenvalue weighted by molar-refractivity contribution is -0.141. The molecule has 4 rings (SSSR count). The number of nitrogens with one attached hydrogen (secondary N) is 1. The number of likely N-dealkylation sites (N-methyl/N-ethyl adjacent to an activating group) is 1. The van der Waals surface area contributed by atoms with Gasteiger partial charge in [-0.3, -0.25) is 14.6 Å². The molecule has 1 saturated heterocycles. The molecule has 1 aromatic carbocycles. The SMILES string of the molecule is CCOC(=O)C1=C(CN2CCN(C(=O)C3CCCC3)CC2)N(CC)C(=O)NC1c1ccccc1C(F)(F)F. The Kier molecular flexibility index (Phi) is 8.64. The molecule has 1 aromatic rings. The van der Waals surface area contributed by atoms with Crippen LogP contribution in [0.4, 0.5) is 18.0 Å². The summed E-state index contributed by atoms with van der Waals surface area (Å²) in [6, 6.07) is 3.05. The van der Waals surface area contributed by atoms with Gasteiger partial charge in [-0.15, -0.1) is 0 Å². The minimum absolute atomic E-state index is 0.00513. The molecule has 208 valence electrons. The molecule has 2 heterocycles. The number of carbonyl (C=O) groups is 3. The summed E-state index contributed by atoms with van der Waals surface area (Å²) in [5.74, 6) is -0.491. The number of urea groups is 1. The first-order valence-corrected chi connectivity index (χ1v) is 13.3. The van der Waals surface area contributed by atoms with E-state index in [4.69, 9.17) is 4.74 Å². The number of rotatable bonds is 7. The molecule has 3 amide bonds. The third-order valence-electron chi connectivity index (χ3n) is 7.59. The van der Waals surface area contributed by atoms with Gasteiger partial charge in [-0.1, -0.05) is 31.0 Å². The number of piperazine rings is 1. The van der Waals surface area contributed by atoms with Gasteiger partial charge in [-0.05, 0) is 38.3 Å². The van der Waals surface area contributed by atoms with Crippen molar-refractivity contribution in [2.24, 2.45) is 5.92 Å². The van der Waals surface area contributed by atoms with Gasteiger partial charge in [0.15, 0.2) is 0 Å². The van der Waals surface area contributed by atoms with Crippen LogP contribution in [0.5, 0.6) is 0 Å². The van der Waals surface area contributed by atoms with Crippen LogP contribution in [0.3, 0.4) is 0 Å². The average molecular weight is 537 g/mol. The molecule has 0 bridgehead atoms. The van der Waals surface area contributed by atoms with Gasteiger partial charge >= 0.3 is 18.2 Å². The first kappa shape index (κ1) is 27.9. The van der Waals surface area contributed by atoms with Crippen LogP contribution in [0.25, 0.3) is 0 Å². The molecule has 1 atom stereocenters. The fourth-order valence-electron chi connectivity index (χ4n) is 5.67. The molecule has 38 heavy (non-hydrogen) atoms. The van der Waals surface area contributed by atoms with E-state index in [0.29, 0.717) is 31.9 Å². The van der Waals surface area contributed by atoms with E-state index in [9.17, 15) is 27.6 Å². The molecule has 0 radical (unpaired) electrons. The van der Waals surface area contributed by atoms with Crippen LogP contribution in [-0.2, 0) is 20.5 Å². The lowest BCUT2D eigenvalue weighted by Crippen LogP contribution is -2.54. The fourth-order valence-corrected chi connectivity index (χ4v) is 5.67. The van der Waals surface area contributed by atoms with E-state index in [1.54, 1.807) is 13.8 Å². The molecule has 2 fully saturated rings. The van der Waals surface area contributed by atoms with Gasteiger partial charge in [0.25, 0.3) is 0 Å². The number of alkyl halides is 3. The Hall–Kier alpha value is -3.08. The van der Waals surface area contributed by atoms with Gasteiger partial charge in [0.1, 0.15) is 0 Å². The topological polar surface area (TPSA) is 82.2 Å². The number of amides is 3. The number of halogens is 3. The minimum atomic E-state index is -4.68. The smallest absolute Gasteiger partial charge is 0.416 e. The Morgan fingerprint density at radius 1 is 1.05 bits per heavy atom. The Balaban J connectivity index is 1.66. The maximum atomic E-state index is 13.9. The van der Waals surface area contributed by atoms with E-state index in [-0.39, 0.29) is 42.7 Å². The second kappa shape index (κ2) is 11.8. The highest BCUT2D eigenvalue weighted by molar-refractivity contribution is 5.95. The van der Waals surface area contributed by atoms with Crippen molar-refractivity contribution in [1.29, 1.82) is 0 Å². The summed E-state index contributed by atoms with van der Waals surface area (Å²) in [6.45, 7) is 5.89. The van der Waals surface area contributed by atoms with Crippen molar-refractivity contribution in [1.82, 2.24) is 20.0 Å². The van der Waals surface area contributed by atoms with Crippen molar-refractivity contribution in [3.63, 3.8) is 0 Å². The highest BCUT2D eigenvalue weighted by atomic mass is 19.4. The molecule has 1 aliphatic carbocycles. The summed E-state index contributed by atoms with van der Waals surface area (Å²) < 4.78 is 47.0. The summed E-state index contributed by atoms with van der Waals surface area (Å²) in [5.41, 5.74) is -0.811. The predicted molar refractivity (Wildman–Crippen MR) is 134 cm³/mol. The fraction of sp³-hybridized carbons (Fsp3) is 0.593. The monoisotopic (exact) mass is 536 g/mol. The molecule has 1 N–H and O–H groups in total. The molecule has 3 aliphatic rings. The van der Waals surface area contributed by atoms with Crippen molar-refractivity contribution < 1.29 is 32.3 Å². The summed E-state index contributed by atoms with van der Waals surface area (Å²) in [6.07, 6.45) is -0.666. The zero-order valence-corrected chi connectivity index (χ0v) is 21.9. The van der Waals surface area contributed by atoms with Crippen LogP contribution in [0.2, 0.25) is 0 Å². The second-order valence-corrected chi connectivity index (χ2v) is 9.88. The van der Waals surface area contributed by atoms with E-state index >= 15 is 0 Å². The van der Waals surface area contributed by atoms with E-state index < -0.39 is 29.8 Å². The molecular weight excluding hydrogens is 501 g/mol. The zero-order valence-electron chi connectivity index (χ0n) is 21.9. The molecule has 0 aromatic heterocycles. The molecule has 1 saturated carbocycles. The second-order valence-electron chi connectivity index (χ2n) is 9.88. The van der Waals surface area contributed by atoms with E-state index in [2.05, 4.69) is 5.32 Å². The van der Waals surface area contributed by atoms with Crippen LogP contribution >= 0.6 is 0 Å². The van der Waals surface area contributed by atoms with Crippen LogP contribution in [0.1, 0.15) is 56.7 Å². The van der Waals surface area contributed by atoms with Crippen LogP contribution < -0.4 is 5.32 Å². The van der Waals surface area contributed by atoms with Gasteiger partial charge < -0.3 is 15.0 Å². The lowest BCUT2D eigenvalue weighted by Gasteiger charge is -2.41. The van der Waals surface area contributed by atoms with E-state index in [0.717, 1.165) is 31.7 Å². The molecule has 2 aliphatic heterocycles. The third-order valence-corrected chi connectivity index (χ3v) is 7.59. The molecule has 8 nitrogen and oxygen atoms in total. The first-order chi connectivity index (χ1) is 18.2. The van der Waals surface area contributed by atoms with Crippen LogP contribution in [0, 0.1) is 5.92 Å². The highest BCUT2D eigenvalue weighted by Crippen LogP contribution is 2.39. The van der Waals surface area contributed by atoms with Gasteiger partial charge in [-0.25, -0.2) is 9.59 Å². The standard InChI is InChI=1S/C27H35F3N4O4/c1-3-34-21(17-32-13-15-33(16-14-32)24(35)18-9-5-6-10-18)22(25(36)38-4-2)23(31-26(34)37)19-11-7-8-12-20(19)27(28,29)30/h7-8,11-12,18,23H,3-6,9-10,13-17H2,1-2H3,(H,31,37). The number of hydrogen-bond acceptors (Lipinski definition) is 5. The lowest BCUT2D eigenvalue weighted by atomic mass is 9.90. The number of hydrogen-bond donors (Lipinski definition) is 1. The summed E-state index contributed by atoms with van der Waals surface area (Å²) in [4.78, 5) is 44.5. The van der Waals surface area contributed by atoms with E-state index in [1.807, 2.05) is 9.80 Å². The number of esters is 1. The van der Waals surface area contributed by atoms with Gasteiger partial charge in [0.2, 0.25) is 5.91 Å². The van der Waals surface area contributed by atoms with E-state index in [1.165, 1.54) is 23.1 Å². The minimum Gasteiger partial charge on any atom is -0.463 e. The Morgan fingerprint density at radius 2 is 1.71 bits per heavy atom. The summed E-state index contributed by atoms with van der Waals surface area (Å²) >= 11 is 0. The zero-order chi connectivity index (χ0) is 27.4. The average Bonchev–Trinajstić information content (AvgIpc) is 3.43. The molecule has 11 heteroatoms. The Bertz CT molecular complexity index is 1080. The molecular formula is C27H35F3N4O4. The van der Waals surface area contributed by atoms with Crippen molar-refractivity contribution in [2.45, 2.75) is 51.7 Å². The summed E-state index contributed by atoms with van der Waals surface area (Å²) in [5, 5.41) is 2.61. The van der Waals surface area contributed by atoms with Crippen molar-refractivity contribution >= 4 is 17.9 Å². The highest BCUT2D eigenvalue weighted by Gasteiger charge is 2.43. The number of nitrogens with zero attached hydrogens (tertiary/aromatic N) is 3. The molecule has 0 spiro atoms. The van der Waals surface area contributed by atoms with Crippen LogP contribution in [-0.4, -0.2) is 78.5 Å². The number of carbonyl (C=O) groups excluding carboxylic acids is 3. The Morgan fingerprint density at radius 3 is 2.32 bits per heavy atom. The quantitative estimate of drug-likeness (QED) is 0.534. The van der Waals surface area contributed by atoms with Crippen molar-refractivity contribution in [2.75, 3.05) is 45.9 Å². The number of ether oxygens (including phenoxy) is 1. The van der Waals surface area contributed by atoms with Gasteiger partial charge in [0.05, 0.1) is 23.8 Å². The predicted octanol–water partition coefficient (Wildman–Crippen LogP) is 3.94. The van der Waals surface area contributed by atoms with Gasteiger partial charge in [0, 0.05) is 50.9 Å². The van der Waals surface area contributed by atoms with Crippen molar-refractivity contribution in [3.8, 4) is 0 Å². The Labute approximate surface area is 220 Å². The summed E-state index contributed by atoms with van der Waals surface area (Å²) in [7, 11) is 0. The van der Waals surface area contributed by atoms with Crippen molar-refractivity contribution in [3.05, 3.63) is 46.7 Å².